The number of nitrogens with one attached hydrogen (secondary N) is 1. The molecule has 6 heteroatoms. The first-order chi connectivity index (χ1) is 9.47. The highest BCUT2D eigenvalue weighted by Gasteiger charge is 2.32. The number of halogens is 1. The molecule has 0 spiro atoms. The van der Waals surface area contributed by atoms with Crippen LogP contribution in [0.5, 0.6) is 0 Å². The molecule has 0 saturated heterocycles. The molecule has 104 valence electrons. The zero-order chi connectivity index (χ0) is 14.9. The van der Waals surface area contributed by atoms with Crippen LogP contribution in [0.15, 0.2) is 35.0 Å². The molecule has 0 heterocycles. The summed E-state index contributed by atoms with van der Waals surface area (Å²) in [7, 11) is 1.24. The normalized spacial score (nSPS) is 15.8. The van der Waals surface area contributed by atoms with Gasteiger partial charge in [-0.3, -0.25) is 9.59 Å². The van der Waals surface area contributed by atoms with E-state index < -0.39 is 23.6 Å². The van der Waals surface area contributed by atoms with E-state index in [1.807, 2.05) is 0 Å². The number of ketones is 2. The number of hydrogen-bond acceptors (Lipinski definition) is 5. The lowest BCUT2D eigenvalue weighted by molar-refractivity contribution is -0.142. The van der Waals surface area contributed by atoms with Gasteiger partial charge in [-0.05, 0) is 6.92 Å². The van der Waals surface area contributed by atoms with E-state index in [4.69, 9.17) is 11.6 Å². The van der Waals surface area contributed by atoms with E-state index in [9.17, 15) is 14.4 Å². The average molecular weight is 294 g/mol. The predicted octanol–water partition coefficient (Wildman–Crippen LogP) is 1.67. The van der Waals surface area contributed by atoms with Gasteiger partial charge >= 0.3 is 5.97 Å². The Hall–Kier alpha value is -2.14. The molecule has 0 unspecified atom stereocenters. The SMILES string of the molecule is COC(=O)[C@H](C)NC1=C(Cl)C(=O)c2ccccc2C1=O. The molecule has 1 aliphatic rings. The summed E-state index contributed by atoms with van der Waals surface area (Å²) in [6.45, 7) is 1.52. The number of rotatable bonds is 3. The van der Waals surface area contributed by atoms with E-state index in [0.29, 0.717) is 0 Å². The summed E-state index contributed by atoms with van der Waals surface area (Å²) in [5, 5.41) is 2.43. The number of ether oxygens (including phenoxy) is 1. The summed E-state index contributed by atoms with van der Waals surface area (Å²) in [4.78, 5) is 35.8. The Morgan fingerprint density at radius 3 is 2.30 bits per heavy atom. The first kappa shape index (κ1) is 14.3. The summed E-state index contributed by atoms with van der Waals surface area (Å²) < 4.78 is 4.56. The summed E-state index contributed by atoms with van der Waals surface area (Å²) in [6.07, 6.45) is 0. The molecule has 20 heavy (non-hydrogen) atoms. The molecule has 1 atom stereocenters. The van der Waals surface area contributed by atoms with E-state index in [0.717, 1.165) is 0 Å². The van der Waals surface area contributed by atoms with Crippen LogP contribution in [-0.2, 0) is 9.53 Å². The van der Waals surface area contributed by atoms with Crippen LogP contribution in [0.1, 0.15) is 27.6 Å². The zero-order valence-corrected chi connectivity index (χ0v) is 11.7. The maximum atomic E-state index is 12.3. The Morgan fingerprint density at radius 2 is 1.75 bits per heavy atom. The molecule has 5 nitrogen and oxygen atoms in total. The molecule has 0 fully saturated rings. The molecule has 1 aliphatic carbocycles. The minimum absolute atomic E-state index is 0.0757. The molecule has 2 rings (SSSR count). The summed E-state index contributed by atoms with van der Waals surface area (Å²) >= 11 is 5.94. The lowest BCUT2D eigenvalue weighted by Gasteiger charge is -2.21. The number of fused-ring (bicyclic) bond motifs is 1. The number of benzene rings is 1. The second-order valence-electron chi connectivity index (χ2n) is 4.28. The van der Waals surface area contributed by atoms with Crippen molar-refractivity contribution in [3.05, 3.63) is 46.1 Å². The van der Waals surface area contributed by atoms with Crippen LogP contribution >= 0.6 is 11.6 Å². The fourth-order valence-electron chi connectivity index (χ4n) is 1.93. The van der Waals surface area contributed by atoms with Crippen LogP contribution in [0.2, 0.25) is 0 Å². The quantitative estimate of drug-likeness (QED) is 0.858. The van der Waals surface area contributed by atoms with Gasteiger partial charge in [-0.1, -0.05) is 35.9 Å². The van der Waals surface area contributed by atoms with Crippen molar-refractivity contribution < 1.29 is 19.1 Å². The Morgan fingerprint density at radius 1 is 1.20 bits per heavy atom. The number of esters is 1. The van der Waals surface area contributed by atoms with Gasteiger partial charge in [-0.15, -0.1) is 0 Å². The third-order valence-corrected chi connectivity index (χ3v) is 3.34. The fourth-order valence-corrected chi connectivity index (χ4v) is 2.17. The Labute approximate surface area is 120 Å². The van der Waals surface area contributed by atoms with Crippen molar-refractivity contribution in [2.75, 3.05) is 7.11 Å². The van der Waals surface area contributed by atoms with Crippen molar-refractivity contribution >= 4 is 29.1 Å². The van der Waals surface area contributed by atoms with Crippen molar-refractivity contribution in [1.29, 1.82) is 0 Å². The Bertz CT molecular complexity index is 636. The van der Waals surface area contributed by atoms with Crippen LogP contribution in [0.4, 0.5) is 0 Å². The van der Waals surface area contributed by atoms with Crippen LogP contribution in [0.25, 0.3) is 0 Å². The van der Waals surface area contributed by atoms with Gasteiger partial charge in [0.15, 0.2) is 0 Å². The van der Waals surface area contributed by atoms with Crippen molar-refractivity contribution in [2.45, 2.75) is 13.0 Å². The third-order valence-electron chi connectivity index (χ3n) is 2.98. The van der Waals surface area contributed by atoms with Crippen LogP contribution < -0.4 is 5.32 Å². The van der Waals surface area contributed by atoms with Crippen LogP contribution in [0, 0.1) is 0 Å². The minimum Gasteiger partial charge on any atom is -0.467 e. The van der Waals surface area contributed by atoms with Gasteiger partial charge in [0.1, 0.15) is 16.8 Å². The van der Waals surface area contributed by atoms with Gasteiger partial charge in [0.05, 0.1) is 7.11 Å². The van der Waals surface area contributed by atoms with Gasteiger partial charge in [-0.2, -0.15) is 0 Å². The topological polar surface area (TPSA) is 72.5 Å². The monoisotopic (exact) mass is 293 g/mol. The Balaban J connectivity index is 2.40. The van der Waals surface area contributed by atoms with Gasteiger partial charge in [0.25, 0.3) is 0 Å². The molecular formula is C14H12ClNO4. The molecule has 0 saturated carbocycles. The number of allylic oxidation sites excluding steroid dienone is 2. The molecule has 0 bridgehead atoms. The second kappa shape index (κ2) is 5.46. The highest BCUT2D eigenvalue weighted by Crippen LogP contribution is 2.27. The van der Waals surface area contributed by atoms with Gasteiger partial charge < -0.3 is 10.1 Å². The smallest absolute Gasteiger partial charge is 0.327 e. The standard InChI is InChI=1S/C14H12ClNO4/c1-7(14(19)20-2)16-11-10(15)12(17)8-5-3-4-6-9(8)13(11)18/h3-7,16H,1-2H3/t7-/m0/s1. The van der Waals surface area contributed by atoms with E-state index in [2.05, 4.69) is 10.1 Å². The number of carbonyl (C=O) groups excluding carboxylic acids is 3. The van der Waals surface area contributed by atoms with E-state index in [-0.39, 0.29) is 21.9 Å². The number of methoxy groups -OCH3 is 1. The zero-order valence-electron chi connectivity index (χ0n) is 10.9. The molecular weight excluding hydrogens is 282 g/mol. The van der Waals surface area contributed by atoms with E-state index in [1.165, 1.54) is 14.0 Å². The molecule has 0 aromatic heterocycles. The lowest BCUT2D eigenvalue weighted by atomic mass is 9.92. The largest absolute Gasteiger partial charge is 0.467 e. The van der Waals surface area contributed by atoms with Gasteiger partial charge in [0.2, 0.25) is 11.6 Å². The molecule has 1 aromatic rings. The first-order valence-electron chi connectivity index (χ1n) is 5.90. The first-order valence-corrected chi connectivity index (χ1v) is 6.27. The maximum Gasteiger partial charge on any atom is 0.327 e. The van der Waals surface area contributed by atoms with E-state index in [1.54, 1.807) is 24.3 Å². The number of hydrogen-bond donors (Lipinski definition) is 1. The van der Waals surface area contributed by atoms with Crippen molar-refractivity contribution in [3.8, 4) is 0 Å². The third kappa shape index (κ3) is 2.32. The number of Topliss-reactive ketones (excluding diaryl/α,β-unsaturated/α-hetero) is 2. The van der Waals surface area contributed by atoms with Crippen molar-refractivity contribution in [1.82, 2.24) is 5.32 Å². The van der Waals surface area contributed by atoms with E-state index >= 15 is 0 Å². The number of carbonyl (C=O) groups is 3. The second-order valence-corrected chi connectivity index (χ2v) is 4.66. The predicted molar refractivity (Wildman–Crippen MR) is 72.6 cm³/mol. The highest BCUT2D eigenvalue weighted by atomic mass is 35.5. The van der Waals surface area contributed by atoms with Gasteiger partial charge in [-0.25, -0.2) is 4.79 Å². The molecule has 1 aromatic carbocycles. The highest BCUT2D eigenvalue weighted by molar-refractivity contribution is 6.49. The van der Waals surface area contributed by atoms with Crippen molar-refractivity contribution in [2.24, 2.45) is 0 Å². The van der Waals surface area contributed by atoms with Gasteiger partial charge in [0, 0.05) is 11.1 Å². The molecule has 0 amide bonds. The van der Waals surface area contributed by atoms with Crippen LogP contribution in [0.3, 0.4) is 0 Å². The molecule has 0 radical (unpaired) electrons. The Kier molecular flexibility index (Phi) is 3.90. The molecule has 1 N–H and O–H groups in total. The maximum absolute atomic E-state index is 12.3. The molecule has 0 aliphatic heterocycles. The summed E-state index contributed by atoms with van der Waals surface area (Å²) in [5.41, 5.74) is 0.452. The van der Waals surface area contributed by atoms with Crippen LogP contribution in [-0.4, -0.2) is 30.7 Å². The average Bonchev–Trinajstić information content (AvgIpc) is 2.48. The minimum atomic E-state index is -0.786. The van der Waals surface area contributed by atoms with Crippen molar-refractivity contribution in [3.63, 3.8) is 0 Å². The lowest BCUT2D eigenvalue weighted by Crippen LogP contribution is -2.39. The summed E-state index contributed by atoms with van der Waals surface area (Å²) in [5.74, 6) is -1.41. The fraction of sp³-hybridized carbons (Fsp3) is 0.214. The summed E-state index contributed by atoms with van der Waals surface area (Å²) in [6, 6.07) is 5.61.